The Hall–Kier alpha value is -0.870. The second kappa shape index (κ2) is 4.11. The van der Waals surface area contributed by atoms with Gasteiger partial charge in [-0.25, -0.2) is 0 Å². The molecule has 14 heavy (non-hydrogen) atoms. The fraction of sp³-hybridized carbons (Fsp3) is 0.400. The van der Waals surface area contributed by atoms with Crippen LogP contribution in [0.5, 0.6) is 0 Å². The van der Waals surface area contributed by atoms with Crippen LogP contribution in [-0.2, 0) is 23.0 Å². The van der Waals surface area contributed by atoms with Crippen molar-refractivity contribution >= 4 is 10.1 Å². The highest BCUT2D eigenvalue weighted by Crippen LogP contribution is 2.20. The Morgan fingerprint density at radius 2 is 1.86 bits per heavy atom. The summed E-state index contributed by atoms with van der Waals surface area (Å²) in [7, 11) is -4.08. The molecule has 0 aromatic heterocycles. The molecule has 1 aromatic carbocycles. The van der Waals surface area contributed by atoms with Crippen molar-refractivity contribution in [1.82, 2.24) is 0 Å². The van der Waals surface area contributed by atoms with Gasteiger partial charge < -0.3 is 0 Å². The van der Waals surface area contributed by atoms with Gasteiger partial charge in [-0.05, 0) is 30.0 Å². The molecule has 0 aliphatic heterocycles. The smallest absolute Gasteiger partial charge is 0.282 e. The van der Waals surface area contributed by atoms with Crippen LogP contribution in [0, 0.1) is 0 Å². The van der Waals surface area contributed by atoms with E-state index in [4.69, 9.17) is 4.55 Å². The lowest BCUT2D eigenvalue weighted by Gasteiger charge is -2.09. The Labute approximate surface area is 84.5 Å². The molecule has 0 bridgehead atoms. The Morgan fingerprint density at radius 3 is 2.29 bits per heavy atom. The quantitative estimate of drug-likeness (QED) is 0.783. The van der Waals surface area contributed by atoms with Crippen LogP contribution in [-0.4, -0.2) is 13.0 Å². The highest BCUT2D eigenvalue weighted by molar-refractivity contribution is 7.85. The first kappa shape index (κ1) is 11.2. The maximum Gasteiger partial charge on any atom is 0.294 e. The summed E-state index contributed by atoms with van der Waals surface area (Å²) in [6.07, 6.45) is 1.38. The highest BCUT2D eigenvalue weighted by Gasteiger charge is 2.15. The summed E-state index contributed by atoms with van der Waals surface area (Å²) >= 11 is 0. The Kier molecular flexibility index (Phi) is 3.29. The molecule has 0 heterocycles. The van der Waals surface area contributed by atoms with Crippen LogP contribution in [0.25, 0.3) is 0 Å². The van der Waals surface area contributed by atoms with Crippen molar-refractivity contribution in [2.45, 2.75) is 31.6 Å². The molecule has 3 nitrogen and oxygen atoms in total. The minimum atomic E-state index is -4.08. The van der Waals surface area contributed by atoms with E-state index in [2.05, 4.69) is 0 Å². The van der Waals surface area contributed by atoms with Crippen LogP contribution in [0.15, 0.2) is 23.1 Å². The fourth-order valence-electron chi connectivity index (χ4n) is 1.59. The molecule has 0 radical (unpaired) electrons. The normalized spacial score (nSPS) is 11.6. The molecule has 0 saturated carbocycles. The largest absolute Gasteiger partial charge is 0.294 e. The summed E-state index contributed by atoms with van der Waals surface area (Å²) in [5.41, 5.74) is 1.69. The summed E-state index contributed by atoms with van der Waals surface area (Å²) in [6, 6.07) is 4.97. The van der Waals surface area contributed by atoms with Gasteiger partial charge in [0.25, 0.3) is 10.1 Å². The van der Waals surface area contributed by atoms with Crippen molar-refractivity contribution in [3.05, 3.63) is 29.3 Å². The molecule has 1 rings (SSSR count). The number of aryl methyl sites for hydroxylation is 1. The molecule has 1 aromatic rings. The van der Waals surface area contributed by atoms with E-state index in [1.165, 1.54) is 6.07 Å². The Morgan fingerprint density at radius 1 is 1.21 bits per heavy atom. The maximum absolute atomic E-state index is 11.0. The highest BCUT2D eigenvalue weighted by atomic mass is 32.2. The van der Waals surface area contributed by atoms with E-state index in [1.54, 1.807) is 6.07 Å². The van der Waals surface area contributed by atoms with E-state index in [0.29, 0.717) is 6.42 Å². The predicted molar refractivity (Wildman–Crippen MR) is 55.0 cm³/mol. The molecule has 0 saturated heterocycles. The van der Waals surface area contributed by atoms with Crippen molar-refractivity contribution in [3.8, 4) is 0 Å². The topological polar surface area (TPSA) is 54.4 Å². The first-order valence-electron chi connectivity index (χ1n) is 4.59. The standard InChI is InChI=1S/C10H14O3S/c1-3-8-6-5-7-10(9(8)4-2)14(11,12)13/h5-7H,3-4H2,1-2H3,(H,11,12,13). The lowest BCUT2D eigenvalue weighted by molar-refractivity contribution is 0.482. The lowest BCUT2D eigenvalue weighted by Crippen LogP contribution is -2.05. The van der Waals surface area contributed by atoms with E-state index >= 15 is 0 Å². The minimum Gasteiger partial charge on any atom is -0.282 e. The zero-order valence-corrected chi connectivity index (χ0v) is 9.13. The summed E-state index contributed by atoms with van der Waals surface area (Å²) in [4.78, 5) is 0.0411. The monoisotopic (exact) mass is 214 g/mol. The van der Waals surface area contributed by atoms with Gasteiger partial charge in [0.2, 0.25) is 0 Å². The van der Waals surface area contributed by atoms with E-state index < -0.39 is 10.1 Å². The number of hydrogen-bond donors (Lipinski definition) is 1. The SMILES string of the molecule is CCc1cccc(S(=O)(=O)O)c1CC. The van der Waals surface area contributed by atoms with Crippen molar-refractivity contribution in [2.75, 3.05) is 0 Å². The Bertz CT molecular complexity index is 421. The van der Waals surface area contributed by atoms with Gasteiger partial charge in [0.15, 0.2) is 0 Å². The van der Waals surface area contributed by atoms with Gasteiger partial charge in [-0.15, -0.1) is 0 Å². The summed E-state index contributed by atoms with van der Waals surface area (Å²) in [5, 5.41) is 0. The lowest BCUT2D eigenvalue weighted by atomic mass is 10.0. The van der Waals surface area contributed by atoms with Crippen LogP contribution in [0.2, 0.25) is 0 Å². The van der Waals surface area contributed by atoms with Crippen LogP contribution in [0.1, 0.15) is 25.0 Å². The van der Waals surface area contributed by atoms with Crippen LogP contribution in [0.3, 0.4) is 0 Å². The molecule has 0 aliphatic rings. The summed E-state index contributed by atoms with van der Waals surface area (Å²) < 4.78 is 31.1. The molecule has 0 spiro atoms. The van der Waals surface area contributed by atoms with E-state index in [-0.39, 0.29) is 4.90 Å². The second-order valence-electron chi connectivity index (χ2n) is 3.08. The van der Waals surface area contributed by atoms with Crippen molar-refractivity contribution in [1.29, 1.82) is 0 Å². The minimum absolute atomic E-state index is 0.0411. The average molecular weight is 214 g/mol. The maximum atomic E-state index is 11.0. The zero-order chi connectivity index (χ0) is 10.8. The van der Waals surface area contributed by atoms with Gasteiger partial charge in [-0.3, -0.25) is 4.55 Å². The summed E-state index contributed by atoms with van der Waals surface area (Å²) in [6.45, 7) is 3.84. The van der Waals surface area contributed by atoms with Gasteiger partial charge >= 0.3 is 0 Å². The molecule has 0 unspecified atom stereocenters. The van der Waals surface area contributed by atoms with E-state index in [9.17, 15) is 8.42 Å². The first-order chi connectivity index (χ1) is 6.50. The summed E-state index contributed by atoms with van der Waals surface area (Å²) in [5.74, 6) is 0. The molecular formula is C10H14O3S. The molecule has 0 amide bonds. The molecule has 0 atom stereocenters. The first-order valence-corrected chi connectivity index (χ1v) is 6.03. The molecule has 0 aliphatic carbocycles. The van der Waals surface area contributed by atoms with Crippen molar-refractivity contribution in [2.24, 2.45) is 0 Å². The number of hydrogen-bond acceptors (Lipinski definition) is 2. The predicted octanol–water partition coefficient (Wildman–Crippen LogP) is 2.06. The van der Waals surface area contributed by atoms with Gasteiger partial charge in [-0.2, -0.15) is 8.42 Å². The molecular weight excluding hydrogens is 200 g/mol. The van der Waals surface area contributed by atoms with Crippen LogP contribution in [0.4, 0.5) is 0 Å². The van der Waals surface area contributed by atoms with Gasteiger partial charge in [0.1, 0.15) is 0 Å². The number of benzene rings is 1. The molecule has 0 fully saturated rings. The zero-order valence-electron chi connectivity index (χ0n) is 8.32. The van der Waals surface area contributed by atoms with E-state index in [1.807, 2.05) is 19.9 Å². The second-order valence-corrected chi connectivity index (χ2v) is 4.47. The third kappa shape index (κ3) is 2.13. The van der Waals surface area contributed by atoms with E-state index in [0.717, 1.165) is 17.5 Å². The van der Waals surface area contributed by atoms with Gasteiger partial charge in [0.05, 0.1) is 4.90 Å². The molecule has 4 heteroatoms. The number of rotatable bonds is 3. The Balaban J connectivity index is 3.45. The van der Waals surface area contributed by atoms with Crippen LogP contribution >= 0.6 is 0 Å². The van der Waals surface area contributed by atoms with Gasteiger partial charge in [-0.1, -0.05) is 26.0 Å². The molecule has 78 valence electrons. The van der Waals surface area contributed by atoms with Crippen LogP contribution < -0.4 is 0 Å². The molecule has 1 N–H and O–H groups in total. The third-order valence-electron chi connectivity index (χ3n) is 2.24. The fourth-order valence-corrected chi connectivity index (χ4v) is 2.42. The van der Waals surface area contributed by atoms with Crippen molar-refractivity contribution < 1.29 is 13.0 Å². The van der Waals surface area contributed by atoms with Gasteiger partial charge in [0, 0.05) is 0 Å². The third-order valence-corrected chi connectivity index (χ3v) is 3.18. The van der Waals surface area contributed by atoms with Crippen molar-refractivity contribution in [3.63, 3.8) is 0 Å². The average Bonchev–Trinajstić information content (AvgIpc) is 2.15.